The van der Waals surface area contributed by atoms with Gasteiger partial charge in [0.2, 0.25) is 0 Å². The first-order valence-electron chi connectivity index (χ1n) is 9.41. The van der Waals surface area contributed by atoms with Crippen molar-refractivity contribution >= 4 is 33.0 Å². The molecule has 0 fully saturated rings. The van der Waals surface area contributed by atoms with Crippen LogP contribution in [0.3, 0.4) is 0 Å². The molecule has 0 spiro atoms. The highest BCUT2D eigenvalue weighted by molar-refractivity contribution is 7.92. The summed E-state index contributed by atoms with van der Waals surface area (Å²) in [5.41, 5.74) is 1.21. The molecule has 0 bridgehead atoms. The third kappa shape index (κ3) is 4.82. The standard InChI is InChI=1S/C20H17F3N6O3S/c1-12-11-17(29-19(24-12)26-18(27-29)20(21,22)23)25-13-5-9-16(10-6-13)33(30,31)28-14-3-7-15(32-2)8-4-14/h3-11,25,28H,1-2H3. The number of rotatable bonds is 6. The van der Waals surface area contributed by atoms with Crippen LogP contribution in [-0.2, 0) is 16.2 Å². The molecule has 0 aliphatic rings. The topological polar surface area (TPSA) is 111 Å². The van der Waals surface area contributed by atoms with Crippen LogP contribution in [0.25, 0.3) is 5.78 Å². The van der Waals surface area contributed by atoms with E-state index in [1.807, 2.05) is 0 Å². The highest BCUT2D eigenvalue weighted by Gasteiger charge is 2.36. The SMILES string of the molecule is COc1ccc(NS(=O)(=O)c2ccc(Nc3cc(C)nc4nc(C(F)(F)F)nn34)cc2)cc1. The molecule has 0 saturated heterocycles. The number of nitrogens with one attached hydrogen (secondary N) is 2. The minimum absolute atomic E-state index is 0.0000346. The Bertz CT molecular complexity index is 1400. The van der Waals surface area contributed by atoms with Crippen molar-refractivity contribution in [2.24, 2.45) is 0 Å². The second kappa shape index (κ2) is 8.24. The number of ether oxygens (including phenoxy) is 1. The number of halogens is 3. The zero-order valence-electron chi connectivity index (χ0n) is 17.3. The molecule has 2 N–H and O–H groups in total. The lowest BCUT2D eigenvalue weighted by Gasteiger charge is -2.11. The zero-order chi connectivity index (χ0) is 23.8. The third-order valence-corrected chi connectivity index (χ3v) is 5.87. The Labute approximate surface area is 186 Å². The Hall–Kier alpha value is -3.87. The van der Waals surface area contributed by atoms with E-state index in [1.165, 1.54) is 37.4 Å². The van der Waals surface area contributed by atoms with Gasteiger partial charge in [-0.05, 0) is 55.5 Å². The van der Waals surface area contributed by atoms with Crippen LogP contribution < -0.4 is 14.8 Å². The summed E-state index contributed by atoms with van der Waals surface area (Å²) in [4.78, 5) is 7.39. The van der Waals surface area contributed by atoms with Crippen molar-refractivity contribution in [3.63, 3.8) is 0 Å². The number of nitrogens with zero attached hydrogens (tertiary/aromatic N) is 4. The molecule has 0 atom stereocenters. The van der Waals surface area contributed by atoms with Gasteiger partial charge < -0.3 is 10.1 Å². The van der Waals surface area contributed by atoms with Gasteiger partial charge in [0, 0.05) is 23.1 Å². The van der Waals surface area contributed by atoms with Crippen molar-refractivity contribution in [1.29, 1.82) is 0 Å². The van der Waals surface area contributed by atoms with E-state index in [0.717, 1.165) is 4.52 Å². The lowest BCUT2D eigenvalue weighted by Crippen LogP contribution is -2.13. The van der Waals surface area contributed by atoms with Gasteiger partial charge >= 0.3 is 6.18 Å². The van der Waals surface area contributed by atoms with E-state index < -0.39 is 22.0 Å². The van der Waals surface area contributed by atoms with E-state index in [4.69, 9.17) is 4.74 Å². The van der Waals surface area contributed by atoms with Crippen LogP contribution in [-0.4, -0.2) is 35.1 Å². The maximum atomic E-state index is 13.0. The first kappa shape index (κ1) is 22.3. The molecule has 0 saturated carbocycles. The minimum Gasteiger partial charge on any atom is -0.497 e. The van der Waals surface area contributed by atoms with Crippen molar-refractivity contribution in [2.75, 3.05) is 17.1 Å². The number of aryl methyl sites for hydroxylation is 1. The molecule has 0 aliphatic carbocycles. The summed E-state index contributed by atoms with van der Waals surface area (Å²) < 4.78 is 72.7. The second-order valence-electron chi connectivity index (χ2n) is 6.91. The molecule has 0 aliphatic heterocycles. The van der Waals surface area contributed by atoms with Gasteiger partial charge in [-0.25, -0.2) is 13.4 Å². The van der Waals surface area contributed by atoms with Crippen molar-refractivity contribution in [1.82, 2.24) is 19.6 Å². The first-order valence-corrected chi connectivity index (χ1v) is 10.9. The lowest BCUT2D eigenvalue weighted by atomic mass is 10.3. The van der Waals surface area contributed by atoms with E-state index in [2.05, 4.69) is 25.1 Å². The van der Waals surface area contributed by atoms with E-state index in [-0.39, 0.29) is 16.5 Å². The van der Waals surface area contributed by atoms with E-state index in [1.54, 1.807) is 31.2 Å². The highest BCUT2D eigenvalue weighted by atomic mass is 32.2. The Morgan fingerprint density at radius 1 is 0.970 bits per heavy atom. The minimum atomic E-state index is -4.72. The average Bonchev–Trinajstić information content (AvgIpc) is 3.19. The van der Waals surface area contributed by atoms with Crippen LogP contribution in [0.2, 0.25) is 0 Å². The van der Waals surface area contributed by atoms with Crippen molar-refractivity contribution in [3.8, 4) is 5.75 Å². The molecule has 2 aromatic carbocycles. The molecular weight excluding hydrogens is 461 g/mol. The molecule has 2 aromatic heterocycles. The molecule has 172 valence electrons. The number of aromatic nitrogens is 4. The quantitative estimate of drug-likeness (QED) is 0.431. The Morgan fingerprint density at radius 3 is 2.21 bits per heavy atom. The highest BCUT2D eigenvalue weighted by Crippen LogP contribution is 2.28. The normalized spacial score (nSPS) is 12.0. The summed E-state index contributed by atoms with van der Waals surface area (Å²) in [5.74, 6) is -0.751. The summed E-state index contributed by atoms with van der Waals surface area (Å²) in [6, 6.07) is 13.6. The Morgan fingerprint density at radius 2 is 1.61 bits per heavy atom. The van der Waals surface area contributed by atoms with Crippen LogP contribution in [0.1, 0.15) is 11.5 Å². The fourth-order valence-corrected chi connectivity index (χ4v) is 3.99. The van der Waals surface area contributed by atoms with Gasteiger partial charge in [0.05, 0.1) is 12.0 Å². The molecule has 0 unspecified atom stereocenters. The van der Waals surface area contributed by atoms with Gasteiger partial charge in [-0.15, -0.1) is 5.10 Å². The fourth-order valence-electron chi connectivity index (χ4n) is 2.93. The van der Waals surface area contributed by atoms with Gasteiger partial charge in [-0.3, -0.25) is 4.72 Å². The molecule has 4 rings (SSSR count). The number of sulfonamides is 1. The van der Waals surface area contributed by atoms with Crippen LogP contribution in [0.15, 0.2) is 59.5 Å². The zero-order valence-corrected chi connectivity index (χ0v) is 18.1. The van der Waals surface area contributed by atoms with Gasteiger partial charge in [-0.2, -0.15) is 22.7 Å². The van der Waals surface area contributed by atoms with E-state index in [0.29, 0.717) is 22.8 Å². The van der Waals surface area contributed by atoms with Crippen LogP contribution in [0.5, 0.6) is 5.75 Å². The summed E-state index contributed by atoms with van der Waals surface area (Å²) in [5, 5.41) is 6.40. The number of methoxy groups -OCH3 is 1. The third-order valence-electron chi connectivity index (χ3n) is 4.47. The number of benzene rings is 2. The molecule has 4 aromatic rings. The predicted molar refractivity (Wildman–Crippen MR) is 114 cm³/mol. The largest absolute Gasteiger partial charge is 0.497 e. The van der Waals surface area contributed by atoms with Gasteiger partial charge in [-0.1, -0.05) is 0 Å². The van der Waals surface area contributed by atoms with Gasteiger partial charge in [0.15, 0.2) is 0 Å². The monoisotopic (exact) mass is 478 g/mol. The maximum absolute atomic E-state index is 13.0. The second-order valence-corrected chi connectivity index (χ2v) is 8.59. The summed E-state index contributed by atoms with van der Waals surface area (Å²) in [6.45, 7) is 1.60. The number of anilines is 3. The molecule has 13 heteroatoms. The van der Waals surface area contributed by atoms with Crippen LogP contribution in [0.4, 0.5) is 30.4 Å². The van der Waals surface area contributed by atoms with Crippen LogP contribution in [0, 0.1) is 6.92 Å². The summed E-state index contributed by atoms with van der Waals surface area (Å²) in [6.07, 6.45) is -4.72. The lowest BCUT2D eigenvalue weighted by molar-refractivity contribution is -0.144. The van der Waals surface area contributed by atoms with Crippen molar-refractivity contribution in [2.45, 2.75) is 18.0 Å². The molecular formula is C20H17F3N6O3S. The molecule has 0 radical (unpaired) electrons. The number of hydrogen-bond acceptors (Lipinski definition) is 7. The number of fused-ring (bicyclic) bond motifs is 1. The summed E-state index contributed by atoms with van der Waals surface area (Å²) >= 11 is 0. The van der Waals surface area contributed by atoms with E-state index in [9.17, 15) is 21.6 Å². The van der Waals surface area contributed by atoms with Crippen LogP contribution >= 0.6 is 0 Å². The predicted octanol–water partition coefficient (Wildman–Crippen LogP) is 4.00. The van der Waals surface area contributed by atoms with Crippen molar-refractivity contribution in [3.05, 3.63) is 66.1 Å². The number of hydrogen-bond donors (Lipinski definition) is 2. The molecule has 9 nitrogen and oxygen atoms in total. The smallest absolute Gasteiger partial charge is 0.453 e. The molecule has 2 heterocycles. The average molecular weight is 478 g/mol. The Kier molecular flexibility index (Phi) is 5.57. The fraction of sp³-hybridized carbons (Fsp3) is 0.150. The van der Waals surface area contributed by atoms with Gasteiger partial charge in [0.25, 0.3) is 21.6 Å². The molecule has 0 amide bonds. The maximum Gasteiger partial charge on any atom is 0.453 e. The summed E-state index contributed by atoms with van der Waals surface area (Å²) in [7, 11) is -2.35. The van der Waals surface area contributed by atoms with E-state index >= 15 is 0 Å². The van der Waals surface area contributed by atoms with Gasteiger partial charge in [0.1, 0.15) is 11.6 Å². The Balaban J connectivity index is 1.57. The van der Waals surface area contributed by atoms with Crippen molar-refractivity contribution < 1.29 is 26.3 Å². The number of alkyl halides is 3. The molecule has 33 heavy (non-hydrogen) atoms. The first-order chi connectivity index (χ1) is 15.5.